The first-order chi connectivity index (χ1) is 18.6. The van der Waals surface area contributed by atoms with E-state index < -0.39 is 17.7 Å². The number of amides is 2. The van der Waals surface area contributed by atoms with Crippen molar-refractivity contribution in [2.75, 3.05) is 30.3 Å². The maximum Gasteiger partial charge on any atom is 0.255 e. The Bertz CT molecular complexity index is 1450. The number of aliphatic hydroxyl groups is 2. The van der Waals surface area contributed by atoms with Crippen molar-refractivity contribution in [2.24, 2.45) is 0 Å². The predicted molar refractivity (Wildman–Crippen MR) is 150 cm³/mol. The third-order valence-corrected chi connectivity index (χ3v) is 6.58. The Balaban J connectivity index is 1.58. The SMILES string of the molecule is CC(C)(O)C(F)CNC(=O)c1cnc(Nc2ccc3ncsc3c2)cc1Nc1ccc(C(=O)NCCO)cc1. The summed E-state index contributed by atoms with van der Waals surface area (Å²) >= 11 is 1.51. The fourth-order valence-electron chi connectivity index (χ4n) is 3.55. The number of thiazole rings is 1. The van der Waals surface area contributed by atoms with Crippen LogP contribution in [0.5, 0.6) is 0 Å². The van der Waals surface area contributed by atoms with Gasteiger partial charge < -0.3 is 31.5 Å². The molecule has 0 saturated heterocycles. The highest BCUT2D eigenvalue weighted by atomic mass is 32.1. The van der Waals surface area contributed by atoms with E-state index >= 15 is 0 Å². The predicted octanol–water partition coefficient (Wildman–Crippen LogP) is 3.74. The summed E-state index contributed by atoms with van der Waals surface area (Å²) in [6, 6.07) is 13.9. The summed E-state index contributed by atoms with van der Waals surface area (Å²) in [5.41, 5.74) is 3.37. The summed E-state index contributed by atoms with van der Waals surface area (Å²) in [6.07, 6.45) is -0.294. The molecule has 2 heterocycles. The first-order valence-electron chi connectivity index (χ1n) is 12.1. The molecule has 4 aromatic rings. The Morgan fingerprint density at radius 3 is 2.46 bits per heavy atom. The van der Waals surface area contributed by atoms with Crippen LogP contribution in [0.25, 0.3) is 10.2 Å². The number of nitrogens with zero attached hydrogens (tertiary/aromatic N) is 2. The molecule has 2 aromatic carbocycles. The number of hydrogen-bond donors (Lipinski definition) is 6. The standard InChI is InChI=1S/C27H29FN6O4S/c1-27(2,38)23(28)14-31-26(37)19-13-30-24(34-18-7-8-20-22(11-18)39-15-32-20)12-21(19)33-17-5-3-16(4-6-17)25(36)29-9-10-35/h3-8,11-13,15,23,35,38H,9-10,14H2,1-2H3,(H,29,36)(H,31,37)(H2,30,33,34). The van der Waals surface area contributed by atoms with E-state index in [1.807, 2.05) is 18.2 Å². The van der Waals surface area contributed by atoms with Gasteiger partial charge in [0.2, 0.25) is 0 Å². The van der Waals surface area contributed by atoms with Gasteiger partial charge in [0.25, 0.3) is 11.8 Å². The Morgan fingerprint density at radius 2 is 1.74 bits per heavy atom. The Kier molecular flexibility index (Phi) is 8.69. The van der Waals surface area contributed by atoms with Gasteiger partial charge in [-0.25, -0.2) is 14.4 Å². The first kappa shape index (κ1) is 27.9. The molecule has 0 aliphatic carbocycles. The number of nitrogens with one attached hydrogen (secondary N) is 4. The molecule has 2 aromatic heterocycles. The Morgan fingerprint density at radius 1 is 1.00 bits per heavy atom. The molecule has 0 saturated carbocycles. The molecular weight excluding hydrogens is 523 g/mol. The smallest absolute Gasteiger partial charge is 0.255 e. The van der Waals surface area contributed by atoms with Crippen LogP contribution in [0.1, 0.15) is 34.6 Å². The molecule has 39 heavy (non-hydrogen) atoms. The summed E-state index contributed by atoms with van der Waals surface area (Å²) in [5.74, 6) is -0.441. The maximum absolute atomic E-state index is 14.3. The Hall–Kier alpha value is -4.13. The third-order valence-electron chi connectivity index (χ3n) is 5.78. The molecular formula is C27H29FN6O4S. The number of aromatic nitrogens is 2. The molecule has 10 nitrogen and oxygen atoms in total. The molecule has 0 fully saturated rings. The normalized spacial score (nSPS) is 12.1. The van der Waals surface area contributed by atoms with E-state index in [-0.39, 0.29) is 31.2 Å². The lowest BCUT2D eigenvalue weighted by atomic mass is 10.0. The minimum absolute atomic E-state index is 0.146. The largest absolute Gasteiger partial charge is 0.395 e. The van der Waals surface area contributed by atoms with Gasteiger partial charge in [-0.05, 0) is 56.3 Å². The van der Waals surface area contributed by atoms with Crippen molar-refractivity contribution in [3.63, 3.8) is 0 Å². The highest BCUT2D eigenvalue weighted by Crippen LogP contribution is 2.28. The zero-order valence-corrected chi connectivity index (χ0v) is 22.2. The molecule has 1 atom stereocenters. The van der Waals surface area contributed by atoms with Crippen LogP contribution >= 0.6 is 11.3 Å². The fourth-order valence-corrected chi connectivity index (χ4v) is 4.26. The molecule has 0 bridgehead atoms. The van der Waals surface area contributed by atoms with Crippen LogP contribution in [0.4, 0.5) is 27.3 Å². The summed E-state index contributed by atoms with van der Waals surface area (Å²) in [4.78, 5) is 33.8. The maximum atomic E-state index is 14.3. The van der Waals surface area contributed by atoms with Crippen molar-refractivity contribution in [3.05, 3.63) is 71.4 Å². The van der Waals surface area contributed by atoms with Crippen molar-refractivity contribution >= 4 is 56.2 Å². The van der Waals surface area contributed by atoms with E-state index in [2.05, 4.69) is 31.2 Å². The Labute approximate surface area is 228 Å². The number of hydrogen-bond acceptors (Lipinski definition) is 9. The molecule has 1 unspecified atom stereocenters. The highest BCUT2D eigenvalue weighted by molar-refractivity contribution is 7.16. The number of carbonyl (C=O) groups excluding carboxylic acids is 2. The van der Waals surface area contributed by atoms with E-state index in [9.17, 15) is 19.1 Å². The van der Waals surface area contributed by atoms with Crippen LogP contribution in [0.3, 0.4) is 0 Å². The summed E-state index contributed by atoms with van der Waals surface area (Å²) in [6.45, 7) is 2.26. The molecule has 2 amide bonds. The van der Waals surface area contributed by atoms with Gasteiger partial charge in [0.15, 0.2) is 0 Å². The highest BCUT2D eigenvalue weighted by Gasteiger charge is 2.27. The molecule has 6 N–H and O–H groups in total. The number of rotatable bonds is 11. The minimum Gasteiger partial charge on any atom is -0.395 e. The van der Waals surface area contributed by atoms with Crippen molar-refractivity contribution in [3.8, 4) is 0 Å². The molecule has 0 aliphatic heterocycles. The first-order valence-corrected chi connectivity index (χ1v) is 13.0. The number of alkyl halides is 1. The quantitative estimate of drug-likeness (QED) is 0.165. The number of carbonyl (C=O) groups is 2. The van der Waals surface area contributed by atoms with Gasteiger partial charge in [-0.15, -0.1) is 11.3 Å². The van der Waals surface area contributed by atoms with E-state index in [1.165, 1.54) is 31.4 Å². The average molecular weight is 553 g/mol. The zero-order valence-electron chi connectivity index (χ0n) is 21.4. The lowest BCUT2D eigenvalue weighted by Crippen LogP contribution is -2.42. The van der Waals surface area contributed by atoms with Gasteiger partial charge in [-0.1, -0.05) is 0 Å². The van der Waals surface area contributed by atoms with Crippen LogP contribution in [-0.4, -0.2) is 63.5 Å². The van der Waals surface area contributed by atoms with Crippen molar-refractivity contribution in [1.82, 2.24) is 20.6 Å². The van der Waals surface area contributed by atoms with Crippen molar-refractivity contribution in [2.45, 2.75) is 25.6 Å². The van der Waals surface area contributed by atoms with Crippen molar-refractivity contribution in [1.29, 1.82) is 0 Å². The molecule has 12 heteroatoms. The molecule has 0 aliphatic rings. The van der Waals surface area contributed by atoms with Gasteiger partial charge in [0.05, 0.1) is 45.7 Å². The van der Waals surface area contributed by atoms with Gasteiger partial charge in [0.1, 0.15) is 12.0 Å². The molecule has 0 spiro atoms. The van der Waals surface area contributed by atoms with Crippen LogP contribution in [0.15, 0.2) is 60.2 Å². The van der Waals surface area contributed by atoms with Crippen LogP contribution in [-0.2, 0) is 0 Å². The summed E-state index contributed by atoms with van der Waals surface area (Å²) in [5, 5.41) is 30.2. The van der Waals surface area contributed by atoms with Gasteiger partial charge in [-0.2, -0.15) is 0 Å². The zero-order chi connectivity index (χ0) is 28.0. The summed E-state index contributed by atoms with van der Waals surface area (Å²) < 4.78 is 15.3. The molecule has 204 valence electrons. The second kappa shape index (κ2) is 12.2. The van der Waals surface area contributed by atoms with E-state index in [0.29, 0.717) is 22.8 Å². The molecule has 4 rings (SSSR count). The third kappa shape index (κ3) is 7.25. The van der Waals surface area contributed by atoms with Gasteiger partial charge in [0, 0.05) is 35.7 Å². The lowest BCUT2D eigenvalue weighted by molar-refractivity contribution is -0.00177. The van der Waals surface area contributed by atoms with Crippen molar-refractivity contribution < 1.29 is 24.2 Å². The van der Waals surface area contributed by atoms with Gasteiger partial charge in [-0.3, -0.25) is 9.59 Å². The average Bonchev–Trinajstić information content (AvgIpc) is 3.38. The second-order valence-electron chi connectivity index (χ2n) is 9.29. The monoisotopic (exact) mass is 552 g/mol. The van der Waals surface area contributed by atoms with Crippen LogP contribution in [0.2, 0.25) is 0 Å². The lowest BCUT2D eigenvalue weighted by Gasteiger charge is -2.22. The number of halogens is 1. The number of aliphatic hydroxyl groups excluding tert-OH is 1. The summed E-state index contributed by atoms with van der Waals surface area (Å²) in [7, 11) is 0. The molecule has 0 radical (unpaired) electrons. The van der Waals surface area contributed by atoms with Crippen LogP contribution < -0.4 is 21.3 Å². The minimum atomic E-state index is -1.67. The van der Waals surface area contributed by atoms with E-state index in [1.54, 1.807) is 35.8 Å². The van der Waals surface area contributed by atoms with E-state index in [0.717, 1.165) is 15.9 Å². The number of pyridine rings is 1. The fraction of sp³-hybridized carbons (Fsp3) is 0.259. The van der Waals surface area contributed by atoms with Gasteiger partial charge >= 0.3 is 0 Å². The topological polar surface area (TPSA) is 148 Å². The number of fused-ring (bicyclic) bond motifs is 1. The van der Waals surface area contributed by atoms with Crippen LogP contribution in [0, 0.1) is 0 Å². The second-order valence-corrected chi connectivity index (χ2v) is 10.2. The van der Waals surface area contributed by atoms with E-state index in [4.69, 9.17) is 5.11 Å². The number of anilines is 4. The number of benzene rings is 2.